The fourth-order valence-electron chi connectivity index (χ4n) is 2.80. The van der Waals surface area contributed by atoms with Crippen molar-refractivity contribution in [2.45, 2.75) is 26.2 Å². The van der Waals surface area contributed by atoms with E-state index in [0.717, 1.165) is 17.4 Å². The maximum atomic E-state index is 12.7. The van der Waals surface area contributed by atoms with Crippen molar-refractivity contribution in [3.63, 3.8) is 0 Å². The number of hydrogen-bond donors (Lipinski definition) is 0. The summed E-state index contributed by atoms with van der Waals surface area (Å²) in [7, 11) is 0. The number of aromatic nitrogens is 1. The summed E-state index contributed by atoms with van der Waals surface area (Å²) in [5, 5.41) is 2.22. The molecule has 0 fully saturated rings. The van der Waals surface area contributed by atoms with Crippen molar-refractivity contribution >= 4 is 16.6 Å². The quantitative estimate of drug-likeness (QED) is 0.631. The van der Waals surface area contributed by atoms with Crippen LogP contribution in [-0.2, 0) is 6.42 Å². The second-order valence-corrected chi connectivity index (χ2v) is 5.49. The van der Waals surface area contributed by atoms with Crippen LogP contribution >= 0.6 is 0 Å². The second kappa shape index (κ2) is 6.52. The SMILES string of the molecule is CCCCc1ccc(C(=O)c2cccnc2)c2ccccc12. The van der Waals surface area contributed by atoms with Gasteiger partial charge in [0.05, 0.1) is 0 Å². The molecule has 0 aliphatic heterocycles. The van der Waals surface area contributed by atoms with Crippen molar-refractivity contribution in [1.82, 2.24) is 4.98 Å². The molecule has 1 aromatic heterocycles. The molecule has 110 valence electrons. The van der Waals surface area contributed by atoms with Crippen LogP contribution in [0.3, 0.4) is 0 Å². The van der Waals surface area contributed by atoms with Gasteiger partial charge in [0.2, 0.25) is 0 Å². The highest BCUT2D eigenvalue weighted by atomic mass is 16.1. The van der Waals surface area contributed by atoms with E-state index in [1.54, 1.807) is 18.5 Å². The van der Waals surface area contributed by atoms with E-state index in [1.165, 1.54) is 23.8 Å². The Labute approximate surface area is 130 Å². The number of unbranched alkanes of at least 4 members (excludes halogenated alkanes) is 1. The second-order valence-electron chi connectivity index (χ2n) is 5.49. The van der Waals surface area contributed by atoms with E-state index in [0.29, 0.717) is 5.56 Å². The fraction of sp³-hybridized carbons (Fsp3) is 0.200. The van der Waals surface area contributed by atoms with Gasteiger partial charge in [0.15, 0.2) is 5.78 Å². The third-order valence-corrected chi connectivity index (χ3v) is 3.98. The molecule has 0 N–H and O–H groups in total. The summed E-state index contributed by atoms with van der Waals surface area (Å²) in [6.45, 7) is 2.20. The first-order valence-corrected chi connectivity index (χ1v) is 7.76. The van der Waals surface area contributed by atoms with Gasteiger partial charge in [-0.05, 0) is 41.3 Å². The van der Waals surface area contributed by atoms with E-state index >= 15 is 0 Å². The van der Waals surface area contributed by atoms with Gasteiger partial charge >= 0.3 is 0 Å². The third kappa shape index (κ3) is 2.77. The molecule has 0 bridgehead atoms. The molecule has 0 aliphatic carbocycles. The molecule has 0 atom stereocenters. The van der Waals surface area contributed by atoms with Crippen LogP contribution in [0.1, 0.15) is 41.3 Å². The van der Waals surface area contributed by atoms with E-state index in [2.05, 4.69) is 24.0 Å². The lowest BCUT2D eigenvalue weighted by Crippen LogP contribution is -2.03. The Morgan fingerprint density at radius 3 is 2.55 bits per heavy atom. The van der Waals surface area contributed by atoms with Gasteiger partial charge in [0.1, 0.15) is 0 Å². The van der Waals surface area contributed by atoms with E-state index in [1.807, 2.05) is 30.3 Å². The molecule has 3 aromatic rings. The average molecular weight is 289 g/mol. The molecule has 0 radical (unpaired) electrons. The number of carbonyl (C=O) groups is 1. The molecule has 22 heavy (non-hydrogen) atoms. The number of pyridine rings is 1. The van der Waals surface area contributed by atoms with Crippen LogP contribution < -0.4 is 0 Å². The molecule has 0 saturated carbocycles. The van der Waals surface area contributed by atoms with Crippen LogP contribution in [0.25, 0.3) is 10.8 Å². The van der Waals surface area contributed by atoms with Crippen molar-refractivity contribution in [3.8, 4) is 0 Å². The number of hydrogen-bond acceptors (Lipinski definition) is 2. The van der Waals surface area contributed by atoms with Crippen LogP contribution in [0.5, 0.6) is 0 Å². The highest BCUT2D eigenvalue weighted by Gasteiger charge is 2.14. The number of nitrogens with zero attached hydrogens (tertiary/aromatic N) is 1. The molecule has 3 rings (SSSR count). The first-order valence-electron chi connectivity index (χ1n) is 7.76. The summed E-state index contributed by atoms with van der Waals surface area (Å²) in [5.74, 6) is 0.0336. The molecule has 0 saturated heterocycles. The first-order chi connectivity index (χ1) is 10.8. The Hall–Kier alpha value is -2.48. The number of fused-ring (bicyclic) bond motifs is 1. The van der Waals surface area contributed by atoms with Crippen LogP contribution in [-0.4, -0.2) is 10.8 Å². The van der Waals surface area contributed by atoms with Crippen LogP contribution in [0.4, 0.5) is 0 Å². The lowest BCUT2D eigenvalue weighted by Gasteiger charge is -2.10. The minimum absolute atomic E-state index is 0.0336. The van der Waals surface area contributed by atoms with E-state index in [4.69, 9.17) is 0 Å². The van der Waals surface area contributed by atoms with Gasteiger partial charge in [-0.1, -0.05) is 49.7 Å². The summed E-state index contributed by atoms with van der Waals surface area (Å²) in [6, 6.07) is 15.8. The lowest BCUT2D eigenvalue weighted by atomic mass is 9.93. The van der Waals surface area contributed by atoms with Gasteiger partial charge in [-0.25, -0.2) is 0 Å². The van der Waals surface area contributed by atoms with Crippen molar-refractivity contribution in [2.24, 2.45) is 0 Å². The van der Waals surface area contributed by atoms with Gasteiger partial charge < -0.3 is 0 Å². The molecular weight excluding hydrogens is 270 g/mol. The standard InChI is InChI=1S/C20H19NO/c1-2-3-7-15-11-12-19(18-10-5-4-9-17(15)18)20(22)16-8-6-13-21-14-16/h4-6,8-14H,2-3,7H2,1H3. The Bertz CT molecular complexity index is 793. The number of benzene rings is 2. The van der Waals surface area contributed by atoms with Gasteiger partial charge in [-0.15, -0.1) is 0 Å². The molecule has 0 spiro atoms. The average Bonchev–Trinajstić information content (AvgIpc) is 2.60. The lowest BCUT2D eigenvalue weighted by molar-refractivity contribution is 0.104. The molecule has 2 aromatic carbocycles. The Morgan fingerprint density at radius 1 is 1.00 bits per heavy atom. The topological polar surface area (TPSA) is 30.0 Å². The van der Waals surface area contributed by atoms with Crippen LogP contribution in [0.2, 0.25) is 0 Å². The number of aryl methyl sites for hydroxylation is 1. The maximum Gasteiger partial charge on any atom is 0.195 e. The summed E-state index contributed by atoms with van der Waals surface area (Å²) in [6.07, 6.45) is 6.70. The molecule has 1 heterocycles. The van der Waals surface area contributed by atoms with Crippen LogP contribution in [0.15, 0.2) is 60.9 Å². The van der Waals surface area contributed by atoms with Crippen molar-refractivity contribution in [1.29, 1.82) is 0 Å². The first kappa shape index (κ1) is 14.5. The predicted molar refractivity (Wildman–Crippen MR) is 90.2 cm³/mol. The Morgan fingerprint density at radius 2 is 1.82 bits per heavy atom. The third-order valence-electron chi connectivity index (χ3n) is 3.98. The highest BCUT2D eigenvalue weighted by molar-refractivity contribution is 6.16. The number of ketones is 1. The van der Waals surface area contributed by atoms with E-state index in [9.17, 15) is 4.79 Å². The Balaban J connectivity index is 2.10. The fourth-order valence-corrected chi connectivity index (χ4v) is 2.80. The number of carbonyl (C=O) groups excluding carboxylic acids is 1. The molecule has 2 nitrogen and oxygen atoms in total. The minimum atomic E-state index is 0.0336. The van der Waals surface area contributed by atoms with Gasteiger partial charge in [-0.3, -0.25) is 9.78 Å². The molecular formula is C20H19NO. The summed E-state index contributed by atoms with van der Waals surface area (Å²) < 4.78 is 0. The van der Waals surface area contributed by atoms with E-state index < -0.39 is 0 Å². The number of rotatable bonds is 5. The monoisotopic (exact) mass is 289 g/mol. The zero-order valence-electron chi connectivity index (χ0n) is 12.8. The smallest absolute Gasteiger partial charge is 0.195 e. The van der Waals surface area contributed by atoms with Gasteiger partial charge in [0, 0.05) is 23.5 Å². The zero-order chi connectivity index (χ0) is 15.4. The molecule has 0 unspecified atom stereocenters. The largest absolute Gasteiger partial charge is 0.289 e. The summed E-state index contributed by atoms with van der Waals surface area (Å²) in [5.41, 5.74) is 2.71. The molecule has 0 aliphatic rings. The normalized spacial score (nSPS) is 10.8. The minimum Gasteiger partial charge on any atom is -0.289 e. The van der Waals surface area contributed by atoms with Crippen molar-refractivity contribution < 1.29 is 4.79 Å². The van der Waals surface area contributed by atoms with Gasteiger partial charge in [0.25, 0.3) is 0 Å². The van der Waals surface area contributed by atoms with Crippen molar-refractivity contribution in [2.75, 3.05) is 0 Å². The van der Waals surface area contributed by atoms with Crippen LogP contribution in [0, 0.1) is 0 Å². The van der Waals surface area contributed by atoms with E-state index in [-0.39, 0.29) is 5.78 Å². The molecule has 0 amide bonds. The molecule has 2 heteroatoms. The Kier molecular flexibility index (Phi) is 4.29. The van der Waals surface area contributed by atoms with Crippen molar-refractivity contribution in [3.05, 3.63) is 77.6 Å². The predicted octanol–water partition coefficient (Wildman–Crippen LogP) is 4.81. The zero-order valence-corrected chi connectivity index (χ0v) is 12.8. The summed E-state index contributed by atoms with van der Waals surface area (Å²) in [4.78, 5) is 16.8. The van der Waals surface area contributed by atoms with Gasteiger partial charge in [-0.2, -0.15) is 0 Å². The highest BCUT2D eigenvalue weighted by Crippen LogP contribution is 2.26. The summed E-state index contributed by atoms with van der Waals surface area (Å²) >= 11 is 0. The maximum absolute atomic E-state index is 12.7.